The van der Waals surface area contributed by atoms with Crippen LogP contribution in [0.1, 0.15) is 0 Å². The predicted octanol–water partition coefficient (Wildman–Crippen LogP) is 0.893. The number of likely N-dealkylation sites (N-methyl/N-ethyl adjacent to an activating group) is 2. The quantitative estimate of drug-likeness (QED) is 0.146. The largest absolute Gasteiger partial charge is 0.741 e. The molecule has 9 nitrogen and oxygen atoms in total. The van der Waals surface area contributed by atoms with Gasteiger partial charge in [0.15, 0.2) is 22.5 Å². The molecule has 2 rings (SSSR count). The Hall–Kier alpha value is -1.95. The second kappa shape index (κ2) is 8.53. The lowest BCUT2D eigenvalue weighted by Crippen LogP contribution is -2.48. The van der Waals surface area contributed by atoms with Crippen LogP contribution in [0.4, 0.5) is 26.3 Å². The number of hydrogen-bond donors (Lipinski definition) is 0. The van der Waals surface area contributed by atoms with Gasteiger partial charge in [-0.15, -0.1) is 0 Å². The van der Waals surface area contributed by atoms with E-state index in [1.54, 1.807) is 44.7 Å². The van der Waals surface area contributed by atoms with Crippen LogP contribution in [0.25, 0.3) is 5.70 Å². The van der Waals surface area contributed by atoms with E-state index in [1.165, 1.54) is 28.5 Å². The molecule has 0 fully saturated rings. The van der Waals surface area contributed by atoms with Crippen molar-refractivity contribution in [1.82, 2.24) is 9.80 Å². The molecule has 1 aromatic rings. The van der Waals surface area contributed by atoms with E-state index in [1.807, 2.05) is 0 Å². The SMILES string of the molecule is CN(C)C1=C([n+]2ccccc2)C1(OS(=O)(=O)C(F)(F)F)N(C)C.O=S(=O)([O-])C(F)(F)F. The average molecular weight is 501 g/mol. The van der Waals surface area contributed by atoms with Crippen molar-refractivity contribution >= 4 is 25.9 Å². The van der Waals surface area contributed by atoms with Gasteiger partial charge in [0, 0.05) is 26.2 Å². The third-order valence-electron chi connectivity index (χ3n) is 3.65. The molecule has 0 spiro atoms. The number of rotatable bonds is 5. The molecule has 0 radical (unpaired) electrons. The van der Waals surface area contributed by atoms with Gasteiger partial charge in [-0.25, -0.2) is 12.6 Å². The third kappa shape index (κ3) is 5.65. The van der Waals surface area contributed by atoms with Crippen LogP contribution in [0.2, 0.25) is 0 Å². The lowest BCUT2D eigenvalue weighted by Gasteiger charge is -2.26. The van der Waals surface area contributed by atoms with Gasteiger partial charge in [0.05, 0.1) is 0 Å². The highest BCUT2D eigenvalue weighted by Gasteiger charge is 2.71. The maximum atomic E-state index is 12.7. The van der Waals surface area contributed by atoms with E-state index in [9.17, 15) is 34.8 Å². The van der Waals surface area contributed by atoms with Gasteiger partial charge in [0.2, 0.25) is 0 Å². The minimum absolute atomic E-state index is 0.306. The third-order valence-corrected chi connectivity index (χ3v) is 5.25. The van der Waals surface area contributed by atoms with Crippen LogP contribution in [0.3, 0.4) is 0 Å². The summed E-state index contributed by atoms with van der Waals surface area (Å²) in [5.41, 5.74) is -12.3. The topological polar surface area (TPSA) is 111 Å². The molecule has 1 heterocycles. The molecule has 0 N–H and O–H groups in total. The van der Waals surface area contributed by atoms with Crippen molar-refractivity contribution in [2.24, 2.45) is 0 Å². The molecule has 1 unspecified atom stereocenters. The summed E-state index contributed by atoms with van der Waals surface area (Å²) in [6.45, 7) is 0. The number of hydrogen-bond acceptors (Lipinski definition) is 8. The lowest BCUT2D eigenvalue weighted by molar-refractivity contribution is -0.583. The summed E-state index contributed by atoms with van der Waals surface area (Å²) in [7, 11) is -5.75. The molecule has 0 saturated carbocycles. The number of nitrogens with zero attached hydrogens (tertiary/aromatic N) is 3. The molecule has 0 bridgehead atoms. The first-order valence-corrected chi connectivity index (χ1v) is 10.6. The zero-order chi connectivity index (χ0) is 24.6. The average Bonchev–Trinajstić information content (AvgIpc) is 3.23. The van der Waals surface area contributed by atoms with Crippen LogP contribution >= 0.6 is 0 Å². The Morgan fingerprint density at radius 3 is 1.61 bits per heavy atom. The highest BCUT2D eigenvalue weighted by atomic mass is 32.2. The van der Waals surface area contributed by atoms with Crippen LogP contribution in [0.5, 0.6) is 0 Å². The molecule has 0 aromatic carbocycles. The molecule has 0 aliphatic heterocycles. The van der Waals surface area contributed by atoms with Crippen LogP contribution in [0.15, 0.2) is 36.3 Å². The molecule has 1 aromatic heterocycles. The summed E-state index contributed by atoms with van der Waals surface area (Å²) in [6.07, 6.45) is 3.21. The van der Waals surface area contributed by atoms with Crippen molar-refractivity contribution in [3.63, 3.8) is 0 Å². The first-order chi connectivity index (χ1) is 13.7. The second-order valence-electron chi connectivity index (χ2n) is 6.30. The smallest absolute Gasteiger partial charge is 0.523 e. The number of halogens is 6. The molecule has 1 aliphatic rings. The molecule has 0 saturated heterocycles. The van der Waals surface area contributed by atoms with Crippen molar-refractivity contribution in [2.75, 3.05) is 28.2 Å². The predicted molar refractivity (Wildman–Crippen MR) is 91.8 cm³/mol. The number of pyridine rings is 1. The molecular weight excluding hydrogens is 484 g/mol. The van der Waals surface area contributed by atoms with Gasteiger partial charge in [0.1, 0.15) is 5.70 Å². The van der Waals surface area contributed by atoms with E-state index in [-0.39, 0.29) is 0 Å². The molecule has 1 atom stereocenters. The van der Waals surface area contributed by atoms with Crippen LogP contribution in [-0.2, 0) is 24.4 Å². The molecular formula is C14H17F6N3O6S2. The Bertz CT molecular complexity index is 1040. The second-order valence-corrected chi connectivity index (χ2v) is 9.20. The molecule has 31 heavy (non-hydrogen) atoms. The highest BCUT2D eigenvalue weighted by Crippen LogP contribution is 2.52. The maximum Gasteiger partial charge on any atom is 0.523 e. The van der Waals surface area contributed by atoms with Gasteiger partial charge >= 0.3 is 21.1 Å². The fourth-order valence-corrected chi connectivity index (χ4v) is 3.09. The fourth-order valence-electron chi connectivity index (χ4n) is 2.37. The first kappa shape index (κ1) is 27.1. The van der Waals surface area contributed by atoms with Crippen LogP contribution < -0.4 is 4.57 Å². The highest BCUT2D eigenvalue weighted by molar-refractivity contribution is 7.87. The van der Waals surface area contributed by atoms with E-state index in [0.29, 0.717) is 11.4 Å². The molecule has 178 valence electrons. The van der Waals surface area contributed by atoms with Crippen molar-refractivity contribution in [2.45, 2.75) is 16.7 Å². The Morgan fingerprint density at radius 2 is 1.32 bits per heavy atom. The zero-order valence-electron chi connectivity index (χ0n) is 16.3. The van der Waals surface area contributed by atoms with E-state index < -0.39 is 37.0 Å². The minimum atomic E-state index is -6.09. The Kier molecular flexibility index (Phi) is 7.45. The van der Waals surface area contributed by atoms with Crippen molar-refractivity contribution in [3.05, 3.63) is 36.3 Å². The van der Waals surface area contributed by atoms with E-state index in [2.05, 4.69) is 4.18 Å². The zero-order valence-corrected chi connectivity index (χ0v) is 17.9. The maximum absolute atomic E-state index is 12.7. The van der Waals surface area contributed by atoms with E-state index in [4.69, 9.17) is 13.0 Å². The van der Waals surface area contributed by atoms with E-state index >= 15 is 0 Å². The minimum Gasteiger partial charge on any atom is -0.741 e. The standard InChI is InChI=1S/C13H17F3N3O3S.CHF3O3S/c1-17(2)10-11(19-8-6-5-7-9-19)12(10,18(3)4)22-23(20,21)13(14,15)16;2-1(3,4)8(5,6)7/h5-9H,1-4H3;(H,5,6,7)/q+1;/p-1. The Labute approximate surface area is 174 Å². The van der Waals surface area contributed by atoms with Gasteiger partial charge < -0.3 is 9.45 Å². The molecule has 17 heteroatoms. The van der Waals surface area contributed by atoms with Gasteiger partial charge in [0.25, 0.3) is 11.4 Å². The molecule has 1 aliphatic carbocycles. The fraction of sp³-hybridized carbons (Fsp3) is 0.500. The summed E-state index contributed by atoms with van der Waals surface area (Å²) in [5, 5.41) is 0. The van der Waals surface area contributed by atoms with Crippen molar-refractivity contribution in [1.29, 1.82) is 0 Å². The summed E-state index contributed by atoms with van der Waals surface area (Å²) in [4.78, 5) is 2.82. The van der Waals surface area contributed by atoms with Gasteiger partial charge in [-0.1, -0.05) is 6.07 Å². The lowest BCUT2D eigenvalue weighted by atomic mass is 10.4. The summed E-state index contributed by atoms with van der Waals surface area (Å²) < 4.78 is 126. The van der Waals surface area contributed by atoms with E-state index in [0.717, 1.165) is 0 Å². The van der Waals surface area contributed by atoms with Gasteiger partial charge in [-0.05, 0) is 14.1 Å². The van der Waals surface area contributed by atoms with Crippen LogP contribution in [0, 0.1) is 0 Å². The summed E-state index contributed by atoms with van der Waals surface area (Å²) in [6, 6.07) is 5.09. The van der Waals surface area contributed by atoms with Crippen LogP contribution in [-0.4, -0.2) is 76.1 Å². The first-order valence-electron chi connectivity index (χ1n) is 7.81. The van der Waals surface area contributed by atoms with Gasteiger partial charge in [-0.2, -0.15) is 39.3 Å². The van der Waals surface area contributed by atoms with Gasteiger partial charge in [-0.3, -0.25) is 4.90 Å². The van der Waals surface area contributed by atoms with Crippen molar-refractivity contribution < 1.29 is 56.5 Å². The van der Waals surface area contributed by atoms with Crippen molar-refractivity contribution in [3.8, 4) is 0 Å². The molecule has 0 amide bonds. The summed E-state index contributed by atoms with van der Waals surface area (Å²) in [5.74, 6) is 0. The monoisotopic (exact) mass is 501 g/mol. The number of aromatic nitrogens is 1. The number of alkyl halides is 6. The summed E-state index contributed by atoms with van der Waals surface area (Å²) >= 11 is 0. The Morgan fingerprint density at radius 1 is 0.903 bits per heavy atom. The Balaban J connectivity index is 0.000000512. The normalized spacial score (nSPS) is 19.7.